The summed E-state index contributed by atoms with van der Waals surface area (Å²) in [6.45, 7) is 7.17. The van der Waals surface area contributed by atoms with E-state index in [9.17, 15) is 25.0 Å². The van der Waals surface area contributed by atoms with Crippen molar-refractivity contribution in [2.75, 3.05) is 38.3 Å². The van der Waals surface area contributed by atoms with Crippen LogP contribution < -0.4 is 24.4 Å². The molecule has 0 unspecified atom stereocenters. The molecule has 0 N–H and O–H groups in total. The molecular formula is C28H28N4O6S. The van der Waals surface area contributed by atoms with Crippen molar-refractivity contribution in [3.05, 3.63) is 77.7 Å². The standard InChI is InChI=1S/C28H28N4O6S/c1-28(2,3)25(33)21(17-29)27-31(19-6-8-20(37-4)9-7-19)26(34)24(39-27)16-18-5-10-22(23(15-18)32(35)36)30-11-13-38-14-12-30/h5-10,15-16H,11-14H2,1-4H3. The Hall–Kier alpha value is -4.27. The first-order valence-corrected chi connectivity index (χ1v) is 13.0. The fraction of sp³-hybridized carbons (Fsp3) is 0.321. The van der Waals surface area contributed by atoms with Gasteiger partial charge < -0.3 is 14.4 Å². The van der Waals surface area contributed by atoms with Gasteiger partial charge in [-0.1, -0.05) is 26.8 Å². The van der Waals surface area contributed by atoms with E-state index in [1.165, 1.54) is 17.7 Å². The van der Waals surface area contributed by atoms with Gasteiger partial charge in [0.25, 0.3) is 11.2 Å². The number of aromatic nitrogens is 1. The van der Waals surface area contributed by atoms with Crippen molar-refractivity contribution >= 4 is 40.1 Å². The largest absolute Gasteiger partial charge is 0.497 e. The molecule has 1 aromatic heterocycles. The quantitative estimate of drug-likeness (QED) is 0.340. The zero-order chi connectivity index (χ0) is 28.3. The number of nitrogens with zero attached hydrogens (tertiary/aromatic N) is 4. The predicted octanol–water partition coefficient (Wildman–Crippen LogP) is 2.77. The molecule has 4 rings (SSSR count). The van der Waals surface area contributed by atoms with E-state index in [0.717, 1.165) is 11.3 Å². The van der Waals surface area contributed by atoms with Gasteiger partial charge in [-0.25, -0.2) is 0 Å². The molecule has 11 heteroatoms. The number of carbonyl (C=O) groups excluding carboxylic acids is 1. The van der Waals surface area contributed by atoms with Gasteiger partial charge in [0.1, 0.15) is 27.7 Å². The van der Waals surface area contributed by atoms with Crippen LogP contribution in [-0.4, -0.2) is 48.7 Å². The van der Waals surface area contributed by atoms with Crippen molar-refractivity contribution < 1.29 is 19.2 Å². The summed E-state index contributed by atoms with van der Waals surface area (Å²) in [6, 6.07) is 13.5. The first kappa shape index (κ1) is 27.8. The average Bonchev–Trinajstić information content (AvgIpc) is 3.24. The van der Waals surface area contributed by atoms with Crippen LogP contribution in [0.15, 0.2) is 47.3 Å². The summed E-state index contributed by atoms with van der Waals surface area (Å²) in [6.07, 6.45) is 1.54. The van der Waals surface area contributed by atoms with Gasteiger partial charge in [-0.15, -0.1) is 11.3 Å². The molecule has 202 valence electrons. The lowest BCUT2D eigenvalue weighted by molar-refractivity contribution is -0.384. The molecular weight excluding hydrogens is 520 g/mol. The zero-order valence-corrected chi connectivity index (χ0v) is 22.9. The minimum absolute atomic E-state index is 0.0786. The summed E-state index contributed by atoms with van der Waals surface area (Å²) in [5.74, 6) is 0.184. The maximum Gasteiger partial charge on any atom is 0.293 e. The number of nitro benzene ring substituents is 1. The van der Waals surface area contributed by atoms with Crippen LogP contribution in [0.25, 0.3) is 17.3 Å². The van der Waals surface area contributed by atoms with Crippen molar-refractivity contribution in [3.8, 4) is 17.5 Å². The molecule has 39 heavy (non-hydrogen) atoms. The SMILES string of the molecule is COc1ccc(-n2c(=C(C#N)C(=O)C(C)(C)C)sc(=Cc3ccc(N4CCOCC4)c([N+](=O)[O-])c3)c2=O)cc1. The zero-order valence-electron chi connectivity index (χ0n) is 22.1. The molecule has 0 spiro atoms. The summed E-state index contributed by atoms with van der Waals surface area (Å²) < 4.78 is 12.3. The topological polar surface area (TPSA) is 128 Å². The minimum Gasteiger partial charge on any atom is -0.497 e. The second kappa shape index (κ2) is 11.2. The Balaban J connectivity index is 1.96. The molecule has 1 aliphatic heterocycles. The summed E-state index contributed by atoms with van der Waals surface area (Å²) in [5, 5.41) is 21.9. The number of carbonyl (C=O) groups is 1. The number of hydrogen-bond acceptors (Lipinski definition) is 9. The number of nitro groups is 1. The first-order valence-electron chi connectivity index (χ1n) is 12.2. The van der Waals surface area contributed by atoms with Gasteiger partial charge in [-0.05, 0) is 42.0 Å². The third-order valence-electron chi connectivity index (χ3n) is 6.23. The number of nitriles is 1. The van der Waals surface area contributed by atoms with Crippen LogP contribution >= 0.6 is 11.3 Å². The molecule has 0 radical (unpaired) electrons. The summed E-state index contributed by atoms with van der Waals surface area (Å²) in [5.41, 5.74) is -0.122. The molecule has 2 aromatic carbocycles. The van der Waals surface area contributed by atoms with Crippen LogP contribution in [0.4, 0.5) is 11.4 Å². The summed E-state index contributed by atoms with van der Waals surface area (Å²) in [4.78, 5) is 40.2. The van der Waals surface area contributed by atoms with E-state index in [0.29, 0.717) is 49.0 Å². The number of Topliss-reactive ketones (excluding diaryl/α,β-unsaturated/α-hetero) is 1. The van der Waals surface area contributed by atoms with E-state index in [-0.39, 0.29) is 20.5 Å². The minimum atomic E-state index is -0.852. The van der Waals surface area contributed by atoms with Crippen LogP contribution in [0.3, 0.4) is 0 Å². The lowest BCUT2D eigenvalue weighted by Gasteiger charge is -2.28. The third kappa shape index (κ3) is 5.77. The monoisotopic (exact) mass is 548 g/mol. The highest BCUT2D eigenvalue weighted by Crippen LogP contribution is 2.30. The van der Waals surface area contributed by atoms with Crippen molar-refractivity contribution in [1.29, 1.82) is 5.26 Å². The Bertz CT molecular complexity index is 1640. The third-order valence-corrected chi connectivity index (χ3v) is 7.33. The van der Waals surface area contributed by atoms with Gasteiger partial charge in [0, 0.05) is 24.6 Å². The second-order valence-electron chi connectivity index (χ2n) is 9.93. The molecule has 0 saturated carbocycles. The van der Waals surface area contributed by atoms with Crippen LogP contribution in [-0.2, 0) is 9.53 Å². The number of ether oxygens (including phenoxy) is 2. The van der Waals surface area contributed by atoms with E-state index >= 15 is 0 Å². The predicted molar refractivity (Wildman–Crippen MR) is 149 cm³/mol. The van der Waals surface area contributed by atoms with Crippen molar-refractivity contribution in [2.24, 2.45) is 5.41 Å². The van der Waals surface area contributed by atoms with Crippen molar-refractivity contribution in [2.45, 2.75) is 20.8 Å². The van der Waals surface area contributed by atoms with Gasteiger partial charge in [-0.2, -0.15) is 5.26 Å². The van der Waals surface area contributed by atoms with Crippen LogP contribution in [0.5, 0.6) is 5.75 Å². The van der Waals surface area contributed by atoms with Gasteiger partial charge >= 0.3 is 0 Å². The summed E-state index contributed by atoms with van der Waals surface area (Å²) >= 11 is 0.996. The number of hydrogen-bond donors (Lipinski definition) is 0. The lowest BCUT2D eigenvalue weighted by Crippen LogP contribution is -2.36. The number of benzene rings is 2. The number of morpholine rings is 1. The van der Waals surface area contributed by atoms with Gasteiger partial charge in [0.15, 0.2) is 5.78 Å². The Morgan fingerprint density at radius 1 is 1.18 bits per heavy atom. The van der Waals surface area contributed by atoms with E-state index < -0.39 is 21.7 Å². The molecule has 0 amide bonds. The smallest absolute Gasteiger partial charge is 0.293 e. The number of rotatable bonds is 6. The molecule has 1 saturated heterocycles. The van der Waals surface area contributed by atoms with E-state index in [1.807, 2.05) is 11.0 Å². The van der Waals surface area contributed by atoms with E-state index in [2.05, 4.69) is 0 Å². The van der Waals surface area contributed by atoms with E-state index in [4.69, 9.17) is 9.47 Å². The van der Waals surface area contributed by atoms with Crippen LogP contribution in [0, 0.1) is 26.9 Å². The molecule has 1 fully saturated rings. The highest BCUT2D eigenvalue weighted by atomic mass is 32.1. The Morgan fingerprint density at radius 2 is 1.85 bits per heavy atom. The van der Waals surface area contributed by atoms with Gasteiger partial charge in [0.2, 0.25) is 0 Å². The molecule has 10 nitrogen and oxygen atoms in total. The molecule has 1 aliphatic rings. The molecule has 0 aliphatic carbocycles. The fourth-order valence-corrected chi connectivity index (χ4v) is 5.29. The van der Waals surface area contributed by atoms with Crippen LogP contribution in [0.1, 0.15) is 26.3 Å². The molecule has 2 heterocycles. The summed E-state index contributed by atoms with van der Waals surface area (Å²) in [7, 11) is 1.53. The Kier molecular flexibility index (Phi) is 7.99. The Labute approximate surface area is 228 Å². The van der Waals surface area contributed by atoms with Crippen LogP contribution in [0.2, 0.25) is 0 Å². The first-order chi connectivity index (χ1) is 18.5. The number of thiazole rings is 1. The van der Waals surface area contributed by atoms with Crippen molar-refractivity contribution in [1.82, 2.24) is 4.57 Å². The number of ketones is 1. The molecule has 0 atom stereocenters. The highest BCUT2D eigenvalue weighted by Gasteiger charge is 2.28. The van der Waals surface area contributed by atoms with Gasteiger partial charge in [-0.3, -0.25) is 24.3 Å². The fourth-order valence-electron chi connectivity index (χ4n) is 4.19. The average molecular weight is 549 g/mol. The second-order valence-corrected chi connectivity index (χ2v) is 11.0. The number of anilines is 1. The highest BCUT2D eigenvalue weighted by molar-refractivity contribution is 7.07. The molecule has 0 bridgehead atoms. The molecule has 3 aromatic rings. The number of methoxy groups -OCH3 is 1. The lowest BCUT2D eigenvalue weighted by atomic mass is 9.87. The maximum atomic E-state index is 13.7. The normalized spacial score (nSPS) is 15.1. The van der Waals surface area contributed by atoms with E-state index in [1.54, 1.807) is 63.2 Å². The van der Waals surface area contributed by atoms with Gasteiger partial charge in [0.05, 0.1) is 35.5 Å². The Morgan fingerprint density at radius 3 is 2.41 bits per heavy atom. The maximum absolute atomic E-state index is 13.7. The van der Waals surface area contributed by atoms with Crippen molar-refractivity contribution in [3.63, 3.8) is 0 Å².